The molecule has 2 aromatic heterocycles. The van der Waals surface area contributed by atoms with E-state index in [2.05, 4.69) is 15.3 Å². The number of aliphatic hydroxyl groups is 1. The summed E-state index contributed by atoms with van der Waals surface area (Å²) >= 11 is 0. The number of fused-ring (bicyclic) bond motifs is 1. The van der Waals surface area contributed by atoms with Crippen LogP contribution in [0.5, 0.6) is 5.75 Å². The number of hydrogen-bond donors (Lipinski definition) is 2. The van der Waals surface area contributed by atoms with Crippen LogP contribution < -0.4 is 15.6 Å². The van der Waals surface area contributed by atoms with Crippen LogP contribution in [-0.4, -0.2) is 44.9 Å². The van der Waals surface area contributed by atoms with E-state index in [4.69, 9.17) is 4.74 Å². The van der Waals surface area contributed by atoms with Crippen LogP contribution in [0.3, 0.4) is 0 Å². The number of nitrogens with zero attached hydrogens (tertiary/aromatic N) is 3. The predicted molar refractivity (Wildman–Crippen MR) is 105 cm³/mol. The molecule has 1 aromatic carbocycles. The molecule has 0 radical (unpaired) electrons. The standard InChI is InChI=1S/C20H24N4O3/c1-13(2)22-11-15(25)12-27-16-8-6-14(7-9-16)19-23-17-5-4-10-21-18(17)20(26)24(19)3/h4-10,13,15,22,25H,11-12H2,1-3H3. The number of aliphatic hydroxyl groups excluding tert-OH is 1. The van der Waals surface area contributed by atoms with Crippen LogP contribution >= 0.6 is 0 Å². The SMILES string of the molecule is CC(C)NCC(O)COc1ccc(-c2nc3cccnc3c(=O)n2C)cc1. The van der Waals surface area contributed by atoms with Gasteiger partial charge in [-0.15, -0.1) is 0 Å². The largest absolute Gasteiger partial charge is 0.491 e. The number of pyridine rings is 1. The molecule has 2 N–H and O–H groups in total. The van der Waals surface area contributed by atoms with Crippen LogP contribution in [0.4, 0.5) is 0 Å². The van der Waals surface area contributed by atoms with Crippen molar-refractivity contribution in [3.05, 3.63) is 52.9 Å². The second kappa shape index (κ2) is 8.28. The van der Waals surface area contributed by atoms with Crippen LogP contribution in [0, 0.1) is 0 Å². The third kappa shape index (κ3) is 4.50. The van der Waals surface area contributed by atoms with Gasteiger partial charge in [-0.3, -0.25) is 9.36 Å². The van der Waals surface area contributed by atoms with Gasteiger partial charge in [0.25, 0.3) is 5.56 Å². The van der Waals surface area contributed by atoms with E-state index < -0.39 is 6.10 Å². The summed E-state index contributed by atoms with van der Waals surface area (Å²) in [5.41, 5.74) is 1.54. The fraction of sp³-hybridized carbons (Fsp3) is 0.350. The van der Waals surface area contributed by atoms with Crippen molar-refractivity contribution in [1.82, 2.24) is 19.9 Å². The molecule has 0 amide bonds. The molecule has 142 valence electrons. The number of benzene rings is 1. The zero-order valence-electron chi connectivity index (χ0n) is 15.7. The van der Waals surface area contributed by atoms with Crippen LogP contribution in [-0.2, 0) is 7.05 Å². The monoisotopic (exact) mass is 368 g/mol. The lowest BCUT2D eigenvalue weighted by molar-refractivity contribution is 0.104. The molecule has 0 bridgehead atoms. The molecule has 0 saturated carbocycles. The van der Waals surface area contributed by atoms with Gasteiger partial charge in [0.15, 0.2) is 5.52 Å². The zero-order valence-corrected chi connectivity index (χ0v) is 15.7. The Morgan fingerprint density at radius 2 is 1.96 bits per heavy atom. The molecule has 2 heterocycles. The lowest BCUT2D eigenvalue weighted by Gasteiger charge is -2.15. The normalized spacial score (nSPS) is 12.5. The Morgan fingerprint density at radius 3 is 2.67 bits per heavy atom. The fourth-order valence-electron chi connectivity index (χ4n) is 2.68. The van der Waals surface area contributed by atoms with E-state index in [1.54, 1.807) is 37.5 Å². The second-order valence-electron chi connectivity index (χ2n) is 6.72. The minimum Gasteiger partial charge on any atom is -0.491 e. The first kappa shape index (κ1) is 19.0. The van der Waals surface area contributed by atoms with Gasteiger partial charge in [0.1, 0.15) is 24.3 Å². The summed E-state index contributed by atoms with van der Waals surface area (Å²) in [6.45, 7) is 4.73. The summed E-state index contributed by atoms with van der Waals surface area (Å²) in [6, 6.07) is 11.1. The third-order valence-electron chi connectivity index (χ3n) is 4.15. The fourth-order valence-corrected chi connectivity index (χ4v) is 2.68. The minimum absolute atomic E-state index is 0.184. The molecule has 0 aliphatic heterocycles. The maximum Gasteiger partial charge on any atom is 0.280 e. The number of hydrogen-bond acceptors (Lipinski definition) is 6. The molecule has 0 aliphatic carbocycles. The summed E-state index contributed by atoms with van der Waals surface area (Å²) in [5.74, 6) is 1.21. The second-order valence-corrected chi connectivity index (χ2v) is 6.72. The van der Waals surface area contributed by atoms with Crippen molar-refractivity contribution in [1.29, 1.82) is 0 Å². The number of rotatable bonds is 7. The van der Waals surface area contributed by atoms with Crippen LogP contribution in [0.15, 0.2) is 47.4 Å². The molecule has 0 aliphatic rings. The molecule has 3 rings (SSSR count). The van der Waals surface area contributed by atoms with E-state index in [1.807, 2.05) is 26.0 Å². The average Bonchev–Trinajstić information content (AvgIpc) is 2.68. The summed E-state index contributed by atoms with van der Waals surface area (Å²) < 4.78 is 7.12. The van der Waals surface area contributed by atoms with Crippen molar-refractivity contribution >= 4 is 11.0 Å². The lowest BCUT2D eigenvalue weighted by atomic mass is 10.2. The van der Waals surface area contributed by atoms with Crippen molar-refractivity contribution < 1.29 is 9.84 Å². The van der Waals surface area contributed by atoms with Crippen LogP contribution in [0.25, 0.3) is 22.4 Å². The van der Waals surface area contributed by atoms with Gasteiger partial charge in [0.2, 0.25) is 0 Å². The molecule has 0 fully saturated rings. The highest BCUT2D eigenvalue weighted by atomic mass is 16.5. The topological polar surface area (TPSA) is 89.3 Å². The van der Waals surface area contributed by atoms with Crippen LogP contribution in [0.1, 0.15) is 13.8 Å². The molecule has 3 aromatic rings. The minimum atomic E-state index is -0.581. The van der Waals surface area contributed by atoms with Gasteiger partial charge in [-0.1, -0.05) is 13.8 Å². The van der Waals surface area contributed by atoms with Crippen molar-refractivity contribution in [2.75, 3.05) is 13.2 Å². The molecule has 0 saturated heterocycles. The number of ether oxygens (including phenoxy) is 1. The molecule has 7 heteroatoms. The molecule has 7 nitrogen and oxygen atoms in total. The summed E-state index contributed by atoms with van der Waals surface area (Å²) in [6.07, 6.45) is 1.00. The van der Waals surface area contributed by atoms with E-state index in [-0.39, 0.29) is 12.2 Å². The molecular formula is C20H24N4O3. The van der Waals surface area contributed by atoms with Gasteiger partial charge in [0.05, 0.1) is 5.52 Å². The van der Waals surface area contributed by atoms with Gasteiger partial charge in [-0.05, 0) is 36.4 Å². The number of nitrogens with one attached hydrogen (secondary N) is 1. The smallest absolute Gasteiger partial charge is 0.280 e. The van der Waals surface area contributed by atoms with Crippen molar-refractivity contribution in [2.45, 2.75) is 26.0 Å². The lowest BCUT2D eigenvalue weighted by Crippen LogP contribution is -2.35. The summed E-state index contributed by atoms with van der Waals surface area (Å²) in [5, 5.41) is 13.1. The van der Waals surface area contributed by atoms with Gasteiger partial charge in [-0.2, -0.15) is 0 Å². The summed E-state index contributed by atoms with van der Waals surface area (Å²) in [4.78, 5) is 21.2. The maximum absolute atomic E-state index is 12.5. The Morgan fingerprint density at radius 1 is 1.22 bits per heavy atom. The Labute approximate surface area is 157 Å². The van der Waals surface area contributed by atoms with E-state index in [9.17, 15) is 9.90 Å². The van der Waals surface area contributed by atoms with Gasteiger partial charge in [-0.25, -0.2) is 9.97 Å². The third-order valence-corrected chi connectivity index (χ3v) is 4.15. The molecule has 1 atom stereocenters. The maximum atomic E-state index is 12.5. The molecular weight excluding hydrogens is 344 g/mol. The molecule has 27 heavy (non-hydrogen) atoms. The first-order chi connectivity index (χ1) is 13.0. The molecule has 1 unspecified atom stereocenters. The highest BCUT2D eigenvalue weighted by molar-refractivity contribution is 5.75. The predicted octanol–water partition coefficient (Wildman–Crippen LogP) is 1.73. The number of aromatic nitrogens is 3. The zero-order chi connectivity index (χ0) is 19.4. The van der Waals surface area contributed by atoms with Gasteiger partial charge in [0, 0.05) is 31.4 Å². The summed E-state index contributed by atoms with van der Waals surface area (Å²) in [7, 11) is 1.68. The first-order valence-electron chi connectivity index (χ1n) is 8.92. The van der Waals surface area contributed by atoms with Gasteiger partial charge >= 0.3 is 0 Å². The molecule has 0 spiro atoms. The van der Waals surface area contributed by atoms with E-state index in [0.29, 0.717) is 35.2 Å². The van der Waals surface area contributed by atoms with E-state index >= 15 is 0 Å². The van der Waals surface area contributed by atoms with E-state index in [1.165, 1.54) is 4.57 Å². The van der Waals surface area contributed by atoms with Crippen molar-refractivity contribution in [2.24, 2.45) is 7.05 Å². The first-order valence-corrected chi connectivity index (χ1v) is 8.92. The van der Waals surface area contributed by atoms with E-state index in [0.717, 1.165) is 5.56 Å². The van der Waals surface area contributed by atoms with Gasteiger partial charge < -0.3 is 15.2 Å². The highest BCUT2D eigenvalue weighted by Gasteiger charge is 2.11. The Kier molecular flexibility index (Phi) is 5.83. The Balaban J connectivity index is 1.75. The quantitative estimate of drug-likeness (QED) is 0.660. The average molecular weight is 368 g/mol. The van der Waals surface area contributed by atoms with Crippen molar-refractivity contribution in [3.63, 3.8) is 0 Å². The van der Waals surface area contributed by atoms with Crippen LogP contribution in [0.2, 0.25) is 0 Å². The van der Waals surface area contributed by atoms with Crippen molar-refractivity contribution in [3.8, 4) is 17.1 Å². The highest BCUT2D eigenvalue weighted by Crippen LogP contribution is 2.21. The Hall–Kier alpha value is -2.77. The Bertz CT molecular complexity index is 967.